The number of fused-ring (bicyclic) bond motifs is 1. The number of nitrogens with zero attached hydrogens (tertiary/aromatic N) is 2. The van der Waals surface area contributed by atoms with E-state index in [1.54, 1.807) is 30.3 Å². The maximum absolute atomic E-state index is 12.5. The summed E-state index contributed by atoms with van der Waals surface area (Å²) in [4.78, 5) is 28.6. The van der Waals surface area contributed by atoms with Crippen molar-refractivity contribution in [3.8, 4) is 6.07 Å². The quantitative estimate of drug-likeness (QED) is 0.737. The third-order valence-electron chi connectivity index (χ3n) is 4.06. The fourth-order valence-corrected chi connectivity index (χ4v) is 2.69. The predicted octanol–water partition coefficient (Wildman–Crippen LogP) is 1.93. The summed E-state index contributed by atoms with van der Waals surface area (Å²) < 4.78 is 0. The average Bonchev–Trinajstić information content (AvgIpc) is 2.67. The highest BCUT2D eigenvalue weighted by Crippen LogP contribution is 2.14. The maximum atomic E-state index is 12.5. The van der Waals surface area contributed by atoms with Crippen LogP contribution in [0.2, 0.25) is 0 Å². The van der Waals surface area contributed by atoms with Crippen molar-refractivity contribution in [3.05, 3.63) is 77.5 Å². The molecule has 2 amide bonds. The molecule has 0 aliphatic carbocycles. The Labute approximate surface area is 150 Å². The molecule has 0 unspecified atom stereocenters. The minimum atomic E-state index is -0.927. The molecule has 0 fully saturated rings. The smallest absolute Gasteiger partial charge is 0.253 e. The Morgan fingerprint density at radius 3 is 2.65 bits per heavy atom. The largest absolute Gasteiger partial charge is 0.368 e. The molecule has 3 rings (SSSR count). The van der Waals surface area contributed by atoms with Gasteiger partial charge in [0.25, 0.3) is 5.91 Å². The van der Waals surface area contributed by atoms with E-state index in [0.29, 0.717) is 16.7 Å². The number of hydrogen-bond acceptors (Lipinski definition) is 4. The lowest BCUT2D eigenvalue weighted by atomic mass is 10.00. The van der Waals surface area contributed by atoms with Gasteiger partial charge in [0.05, 0.1) is 22.7 Å². The first-order chi connectivity index (χ1) is 12.6. The lowest BCUT2D eigenvalue weighted by Gasteiger charge is -2.16. The molecule has 3 aromatic rings. The van der Waals surface area contributed by atoms with Gasteiger partial charge in [0.2, 0.25) is 5.91 Å². The van der Waals surface area contributed by atoms with Crippen LogP contribution in [0.15, 0.2) is 60.8 Å². The van der Waals surface area contributed by atoms with Crippen LogP contribution in [0.25, 0.3) is 10.9 Å². The van der Waals surface area contributed by atoms with Gasteiger partial charge in [0.15, 0.2) is 0 Å². The summed E-state index contributed by atoms with van der Waals surface area (Å²) in [6.45, 7) is 0. The van der Waals surface area contributed by atoms with E-state index in [4.69, 9.17) is 11.0 Å². The second kappa shape index (κ2) is 7.45. The van der Waals surface area contributed by atoms with E-state index in [1.165, 1.54) is 6.20 Å². The van der Waals surface area contributed by atoms with Crippen molar-refractivity contribution in [1.82, 2.24) is 10.3 Å². The molecule has 0 aliphatic heterocycles. The van der Waals surface area contributed by atoms with Gasteiger partial charge in [0, 0.05) is 18.0 Å². The second-order valence-electron chi connectivity index (χ2n) is 5.82. The fourth-order valence-electron chi connectivity index (χ4n) is 2.69. The van der Waals surface area contributed by atoms with Crippen molar-refractivity contribution in [1.29, 1.82) is 5.26 Å². The van der Waals surface area contributed by atoms with Gasteiger partial charge < -0.3 is 11.1 Å². The molecule has 0 saturated carbocycles. The van der Waals surface area contributed by atoms with E-state index in [1.807, 2.05) is 24.3 Å². The standard InChI is InChI=1S/C20H16N4O2/c21-11-15-7-2-1-5-13(15)10-18(19(22)25)24-20(26)16-9-14-6-3-4-8-17(14)23-12-16/h1-9,12,18H,10H2,(H2,22,25)(H,24,26)/t18-/m0/s1. The van der Waals surface area contributed by atoms with Gasteiger partial charge in [0.1, 0.15) is 6.04 Å². The van der Waals surface area contributed by atoms with Gasteiger partial charge in [-0.25, -0.2) is 0 Å². The molecule has 6 nitrogen and oxygen atoms in total. The summed E-state index contributed by atoms with van der Waals surface area (Å²) in [7, 11) is 0. The third-order valence-corrected chi connectivity index (χ3v) is 4.06. The van der Waals surface area contributed by atoms with Crippen LogP contribution in [0, 0.1) is 11.3 Å². The van der Waals surface area contributed by atoms with Crippen LogP contribution in [0.3, 0.4) is 0 Å². The molecule has 26 heavy (non-hydrogen) atoms. The van der Waals surface area contributed by atoms with Crippen LogP contribution in [0.5, 0.6) is 0 Å². The van der Waals surface area contributed by atoms with E-state index in [-0.39, 0.29) is 6.42 Å². The number of pyridine rings is 1. The first-order valence-electron chi connectivity index (χ1n) is 8.01. The normalized spacial score (nSPS) is 11.5. The highest BCUT2D eigenvalue weighted by atomic mass is 16.2. The predicted molar refractivity (Wildman–Crippen MR) is 97.1 cm³/mol. The summed E-state index contributed by atoms with van der Waals surface area (Å²) >= 11 is 0. The average molecular weight is 344 g/mol. The molecule has 6 heteroatoms. The number of carbonyl (C=O) groups excluding carboxylic acids is 2. The lowest BCUT2D eigenvalue weighted by molar-refractivity contribution is -0.119. The molecule has 0 bridgehead atoms. The second-order valence-corrected chi connectivity index (χ2v) is 5.82. The third kappa shape index (κ3) is 3.68. The number of amides is 2. The van der Waals surface area contributed by atoms with Gasteiger partial charge in [-0.15, -0.1) is 0 Å². The molecule has 0 aliphatic rings. The van der Waals surface area contributed by atoms with Crippen LogP contribution in [0.4, 0.5) is 0 Å². The van der Waals surface area contributed by atoms with E-state index in [2.05, 4.69) is 16.4 Å². The number of nitriles is 1. The lowest BCUT2D eigenvalue weighted by Crippen LogP contribution is -2.46. The van der Waals surface area contributed by atoms with Crippen molar-refractivity contribution in [2.45, 2.75) is 12.5 Å². The Hall–Kier alpha value is -3.72. The van der Waals surface area contributed by atoms with Crippen molar-refractivity contribution in [3.63, 3.8) is 0 Å². The molecule has 0 radical (unpaired) electrons. The summed E-state index contributed by atoms with van der Waals surface area (Å²) in [5, 5.41) is 12.6. The highest BCUT2D eigenvalue weighted by Gasteiger charge is 2.21. The highest BCUT2D eigenvalue weighted by molar-refractivity contribution is 5.99. The zero-order valence-electron chi connectivity index (χ0n) is 13.8. The Morgan fingerprint density at radius 1 is 1.15 bits per heavy atom. The summed E-state index contributed by atoms with van der Waals surface area (Å²) in [6.07, 6.45) is 1.60. The number of aromatic nitrogens is 1. The number of nitrogens with one attached hydrogen (secondary N) is 1. The topological polar surface area (TPSA) is 109 Å². The van der Waals surface area contributed by atoms with E-state index < -0.39 is 17.9 Å². The number of para-hydroxylation sites is 1. The fraction of sp³-hybridized carbons (Fsp3) is 0.100. The summed E-state index contributed by atoms with van der Waals surface area (Å²) in [5.41, 5.74) is 7.65. The Balaban J connectivity index is 1.82. The van der Waals surface area contributed by atoms with Gasteiger partial charge >= 0.3 is 0 Å². The Bertz CT molecular complexity index is 1020. The minimum absolute atomic E-state index is 0.145. The molecular weight excluding hydrogens is 328 g/mol. The number of rotatable bonds is 5. The van der Waals surface area contributed by atoms with Gasteiger partial charge in [-0.3, -0.25) is 14.6 Å². The zero-order valence-corrected chi connectivity index (χ0v) is 13.8. The number of nitrogens with two attached hydrogens (primary N) is 1. The zero-order chi connectivity index (χ0) is 18.5. The molecule has 3 N–H and O–H groups in total. The molecule has 0 saturated heterocycles. The number of benzene rings is 2. The van der Waals surface area contributed by atoms with E-state index in [0.717, 1.165) is 10.9 Å². The van der Waals surface area contributed by atoms with Crippen LogP contribution in [0.1, 0.15) is 21.5 Å². The number of primary amides is 1. The van der Waals surface area contributed by atoms with Crippen LogP contribution in [-0.4, -0.2) is 22.8 Å². The summed E-state index contributed by atoms with van der Waals surface area (Å²) in [6, 6.07) is 17.2. The Kier molecular flexibility index (Phi) is 4.90. The van der Waals surface area contributed by atoms with Crippen molar-refractivity contribution < 1.29 is 9.59 Å². The summed E-state index contributed by atoms with van der Waals surface area (Å²) in [5.74, 6) is -1.11. The van der Waals surface area contributed by atoms with E-state index in [9.17, 15) is 9.59 Å². The van der Waals surface area contributed by atoms with Gasteiger partial charge in [-0.1, -0.05) is 36.4 Å². The Morgan fingerprint density at radius 2 is 1.88 bits per heavy atom. The van der Waals surface area contributed by atoms with Crippen molar-refractivity contribution in [2.75, 3.05) is 0 Å². The maximum Gasteiger partial charge on any atom is 0.253 e. The number of carbonyl (C=O) groups is 2. The van der Waals surface area contributed by atoms with Crippen LogP contribution in [-0.2, 0) is 11.2 Å². The van der Waals surface area contributed by atoms with Crippen LogP contribution >= 0.6 is 0 Å². The van der Waals surface area contributed by atoms with Crippen LogP contribution < -0.4 is 11.1 Å². The SMILES string of the molecule is N#Cc1ccccc1C[C@H](NC(=O)c1cnc2ccccc2c1)C(N)=O. The van der Waals surface area contributed by atoms with Crippen molar-refractivity contribution >= 4 is 22.7 Å². The molecule has 0 spiro atoms. The molecule has 128 valence electrons. The first kappa shape index (κ1) is 17.1. The molecular formula is C20H16N4O2. The van der Waals surface area contributed by atoms with E-state index >= 15 is 0 Å². The van der Waals surface area contributed by atoms with Gasteiger partial charge in [-0.2, -0.15) is 5.26 Å². The van der Waals surface area contributed by atoms with Crippen molar-refractivity contribution in [2.24, 2.45) is 5.73 Å². The minimum Gasteiger partial charge on any atom is -0.368 e. The molecule has 1 atom stereocenters. The molecule has 1 aromatic heterocycles. The first-order valence-corrected chi connectivity index (χ1v) is 8.01. The monoisotopic (exact) mass is 344 g/mol. The molecule has 2 aromatic carbocycles. The number of hydrogen-bond donors (Lipinski definition) is 2. The molecule has 1 heterocycles. The van der Waals surface area contributed by atoms with Gasteiger partial charge in [-0.05, 0) is 23.8 Å².